The van der Waals surface area contributed by atoms with Gasteiger partial charge in [-0.15, -0.1) is 0 Å². The molecule has 5 nitrogen and oxygen atoms in total. The topological polar surface area (TPSA) is 64.4 Å². The fraction of sp³-hybridized carbons (Fsp3) is 0.600. The lowest BCUT2D eigenvalue weighted by Crippen LogP contribution is -2.13. The highest BCUT2D eigenvalue weighted by atomic mass is 16.6. The summed E-state index contributed by atoms with van der Waals surface area (Å²) >= 11 is 0. The quantitative estimate of drug-likeness (QED) is 0.677. The molecule has 106 valence electrons. The third kappa shape index (κ3) is 1.62. The maximum Gasteiger partial charge on any atom is 0.292 e. The second kappa shape index (κ2) is 4.11. The molecule has 3 aliphatic carbocycles. The Morgan fingerprint density at radius 2 is 2.00 bits per heavy atom. The molecule has 2 bridgehead atoms. The first-order valence-corrected chi connectivity index (χ1v) is 7.28. The van der Waals surface area contributed by atoms with Crippen molar-refractivity contribution >= 4 is 11.4 Å². The monoisotopic (exact) mass is 274 g/mol. The number of methoxy groups -OCH3 is 1. The third-order valence-corrected chi connectivity index (χ3v) is 5.46. The van der Waals surface area contributed by atoms with Crippen molar-refractivity contribution in [3.8, 4) is 5.75 Å². The maximum atomic E-state index is 11.1. The summed E-state index contributed by atoms with van der Waals surface area (Å²) in [6, 6.07) is 5.34. The summed E-state index contributed by atoms with van der Waals surface area (Å²) in [5, 5.41) is 14.6. The van der Waals surface area contributed by atoms with E-state index in [2.05, 4.69) is 5.32 Å². The SMILES string of the molecule is COc1ccc([N+](=O)[O-])c(NC2C3C4CCC(C4)C23)c1. The molecule has 0 radical (unpaired) electrons. The van der Waals surface area contributed by atoms with Gasteiger partial charge in [-0.2, -0.15) is 0 Å². The van der Waals surface area contributed by atoms with E-state index in [1.54, 1.807) is 19.2 Å². The third-order valence-electron chi connectivity index (χ3n) is 5.46. The minimum Gasteiger partial charge on any atom is -0.497 e. The molecule has 4 atom stereocenters. The summed E-state index contributed by atoms with van der Waals surface area (Å²) in [5.74, 6) is 3.87. The smallest absolute Gasteiger partial charge is 0.292 e. The zero-order chi connectivity index (χ0) is 13.9. The Hall–Kier alpha value is -1.78. The van der Waals surface area contributed by atoms with Crippen molar-refractivity contribution in [3.63, 3.8) is 0 Å². The molecule has 4 rings (SSSR count). The number of fused-ring (bicyclic) bond motifs is 5. The number of benzene rings is 1. The zero-order valence-corrected chi connectivity index (χ0v) is 11.4. The van der Waals surface area contributed by atoms with Crippen LogP contribution in [0.25, 0.3) is 0 Å². The summed E-state index contributed by atoms with van der Waals surface area (Å²) in [6.45, 7) is 0. The van der Waals surface area contributed by atoms with Crippen LogP contribution >= 0.6 is 0 Å². The van der Waals surface area contributed by atoms with Gasteiger partial charge in [0, 0.05) is 18.2 Å². The Bertz CT molecular complexity index is 558. The number of nitrogens with one attached hydrogen (secondary N) is 1. The van der Waals surface area contributed by atoms with Crippen molar-refractivity contribution in [1.29, 1.82) is 0 Å². The molecule has 3 aliphatic rings. The van der Waals surface area contributed by atoms with Crippen LogP contribution in [0.5, 0.6) is 5.75 Å². The average Bonchev–Trinajstić information content (AvgIpc) is 2.84. The molecule has 0 aromatic heterocycles. The number of hydrogen-bond acceptors (Lipinski definition) is 4. The summed E-state index contributed by atoms with van der Waals surface area (Å²) in [4.78, 5) is 10.8. The van der Waals surface area contributed by atoms with Gasteiger partial charge in [0.25, 0.3) is 5.69 Å². The molecule has 5 heteroatoms. The van der Waals surface area contributed by atoms with Gasteiger partial charge in [0.05, 0.1) is 12.0 Å². The van der Waals surface area contributed by atoms with Gasteiger partial charge in [-0.1, -0.05) is 0 Å². The summed E-state index contributed by atoms with van der Waals surface area (Å²) in [6.07, 6.45) is 4.09. The molecule has 0 heterocycles. The van der Waals surface area contributed by atoms with Crippen LogP contribution in [0.4, 0.5) is 11.4 Å². The lowest BCUT2D eigenvalue weighted by Gasteiger charge is -2.12. The number of ether oxygens (including phenoxy) is 1. The van der Waals surface area contributed by atoms with Gasteiger partial charge in [0.1, 0.15) is 11.4 Å². The molecule has 0 spiro atoms. The average molecular weight is 274 g/mol. The van der Waals surface area contributed by atoms with Crippen LogP contribution in [0.15, 0.2) is 18.2 Å². The Balaban J connectivity index is 1.58. The summed E-state index contributed by atoms with van der Waals surface area (Å²) in [5.41, 5.74) is 0.747. The second-order valence-corrected chi connectivity index (χ2v) is 6.30. The molecule has 4 unspecified atom stereocenters. The zero-order valence-electron chi connectivity index (χ0n) is 11.4. The van der Waals surface area contributed by atoms with Crippen LogP contribution in [-0.2, 0) is 0 Å². The van der Waals surface area contributed by atoms with E-state index in [0.29, 0.717) is 17.5 Å². The molecule has 0 saturated heterocycles. The van der Waals surface area contributed by atoms with E-state index >= 15 is 0 Å². The second-order valence-electron chi connectivity index (χ2n) is 6.30. The Morgan fingerprint density at radius 1 is 1.30 bits per heavy atom. The van der Waals surface area contributed by atoms with Crippen LogP contribution in [0.2, 0.25) is 0 Å². The number of rotatable bonds is 4. The molecule has 3 saturated carbocycles. The maximum absolute atomic E-state index is 11.1. The van der Waals surface area contributed by atoms with Crippen LogP contribution in [0.1, 0.15) is 19.3 Å². The summed E-state index contributed by atoms with van der Waals surface area (Å²) in [7, 11) is 1.58. The van der Waals surface area contributed by atoms with E-state index in [9.17, 15) is 10.1 Å². The van der Waals surface area contributed by atoms with Crippen molar-refractivity contribution in [3.05, 3.63) is 28.3 Å². The Morgan fingerprint density at radius 3 is 2.60 bits per heavy atom. The molecule has 1 aromatic carbocycles. The highest BCUT2D eigenvalue weighted by molar-refractivity contribution is 5.65. The van der Waals surface area contributed by atoms with E-state index in [0.717, 1.165) is 23.7 Å². The highest BCUT2D eigenvalue weighted by Crippen LogP contribution is 2.66. The number of nitrogens with zero attached hydrogens (tertiary/aromatic N) is 1. The lowest BCUT2D eigenvalue weighted by atomic mass is 10.0. The Kier molecular flexibility index (Phi) is 2.46. The van der Waals surface area contributed by atoms with Gasteiger partial charge in [-0.05, 0) is 49.0 Å². The predicted molar refractivity (Wildman–Crippen MR) is 74.9 cm³/mol. The van der Waals surface area contributed by atoms with Crippen LogP contribution in [0, 0.1) is 33.8 Å². The van der Waals surface area contributed by atoms with Crippen molar-refractivity contribution in [2.24, 2.45) is 23.7 Å². The number of nitro benzene ring substituents is 1. The van der Waals surface area contributed by atoms with E-state index < -0.39 is 0 Å². The van der Waals surface area contributed by atoms with Gasteiger partial charge >= 0.3 is 0 Å². The first-order chi connectivity index (χ1) is 9.69. The first-order valence-electron chi connectivity index (χ1n) is 7.28. The van der Waals surface area contributed by atoms with Crippen LogP contribution < -0.4 is 10.1 Å². The first kappa shape index (κ1) is 12.0. The number of hydrogen-bond donors (Lipinski definition) is 1. The normalized spacial score (nSPS) is 36.5. The lowest BCUT2D eigenvalue weighted by molar-refractivity contribution is -0.384. The molecule has 0 amide bonds. The largest absolute Gasteiger partial charge is 0.497 e. The summed E-state index contributed by atoms with van der Waals surface area (Å²) < 4.78 is 5.18. The molecule has 0 aliphatic heterocycles. The van der Waals surface area contributed by atoms with Crippen molar-refractivity contribution in [2.45, 2.75) is 25.3 Å². The highest BCUT2D eigenvalue weighted by Gasteiger charge is 2.65. The van der Waals surface area contributed by atoms with Gasteiger partial charge in [-0.3, -0.25) is 10.1 Å². The molecular weight excluding hydrogens is 256 g/mol. The predicted octanol–water partition coefficient (Wildman–Crippen LogP) is 3.06. The van der Waals surface area contributed by atoms with Crippen molar-refractivity contribution in [2.75, 3.05) is 12.4 Å². The molecule has 1 aromatic rings. The van der Waals surface area contributed by atoms with E-state index in [4.69, 9.17) is 4.74 Å². The van der Waals surface area contributed by atoms with E-state index in [1.165, 1.54) is 25.3 Å². The van der Waals surface area contributed by atoms with Gasteiger partial charge < -0.3 is 10.1 Å². The van der Waals surface area contributed by atoms with Crippen molar-refractivity contribution < 1.29 is 9.66 Å². The number of anilines is 1. The molecule has 3 fully saturated rings. The van der Waals surface area contributed by atoms with Crippen LogP contribution in [0.3, 0.4) is 0 Å². The minimum absolute atomic E-state index is 0.142. The fourth-order valence-corrected chi connectivity index (χ4v) is 4.61. The van der Waals surface area contributed by atoms with Crippen molar-refractivity contribution in [1.82, 2.24) is 0 Å². The fourth-order valence-electron chi connectivity index (χ4n) is 4.61. The van der Waals surface area contributed by atoms with Gasteiger partial charge in [0.2, 0.25) is 0 Å². The van der Waals surface area contributed by atoms with Gasteiger partial charge in [0.15, 0.2) is 0 Å². The molecular formula is C15H18N2O3. The standard InChI is InChI=1S/C15H18N2O3/c1-20-10-4-5-12(17(18)19)11(7-10)16-15-13-8-2-3-9(6-8)14(13)15/h4-5,7-9,13-16H,2-3,6H2,1H3. The molecule has 20 heavy (non-hydrogen) atoms. The van der Waals surface area contributed by atoms with Gasteiger partial charge in [-0.25, -0.2) is 0 Å². The number of nitro groups is 1. The minimum atomic E-state index is -0.325. The molecule has 1 N–H and O–H groups in total. The Labute approximate surface area is 117 Å². The van der Waals surface area contributed by atoms with E-state index in [-0.39, 0.29) is 10.6 Å². The van der Waals surface area contributed by atoms with E-state index in [1.807, 2.05) is 0 Å². The van der Waals surface area contributed by atoms with Crippen LogP contribution in [-0.4, -0.2) is 18.1 Å².